The Morgan fingerprint density at radius 2 is 1.96 bits per heavy atom. The van der Waals surface area contributed by atoms with Gasteiger partial charge in [0.15, 0.2) is 0 Å². The van der Waals surface area contributed by atoms with Crippen LogP contribution in [-0.4, -0.2) is 18.4 Å². The standard InChI is InChI=1S/C18H18ClN3O2/c1-11-13(19)5-4-8-14(11)21-17(23)9-12-10-20-15-6-2-3-7-16(15)22-18(12)24/h2-8,12,20H,9-10H2,1H3,(H,21,23)(H,22,24). The van der Waals surface area contributed by atoms with Gasteiger partial charge in [0.1, 0.15) is 0 Å². The number of halogens is 1. The van der Waals surface area contributed by atoms with E-state index in [0.29, 0.717) is 17.3 Å². The van der Waals surface area contributed by atoms with Gasteiger partial charge in [-0.1, -0.05) is 29.8 Å². The van der Waals surface area contributed by atoms with Gasteiger partial charge in [0.05, 0.1) is 17.3 Å². The number of para-hydroxylation sites is 2. The summed E-state index contributed by atoms with van der Waals surface area (Å²) in [6.45, 7) is 2.25. The lowest BCUT2D eigenvalue weighted by atomic mass is 10.0. The van der Waals surface area contributed by atoms with Gasteiger partial charge in [-0.3, -0.25) is 9.59 Å². The van der Waals surface area contributed by atoms with E-state index in [9.17, 15) is 9.59 Å². The second-order valence-electron chi connectivity index (χ2n) is 5.78. The van der Waals surface area contributed by atoms with Crippen LogP contribution in [0.2, 0.25) is 5.02 Å². The molecule has 2 amide bonds. The molecule has 6 heteroatoms. The fraction of sp³-hybridized carbons (Fsp3) is 0.222. The Morgan fingerprint density at radius 1 is 1.21 bits per heavy atom. The Labute approximate surface area is 145 Å². The summed E-state index contributed by atoms with van der Waals surface area (Å²) in [5.74, 6) is -0.824. The van der Waals surface area contributed by atoms with Crippen LogP contribution in [0.15, 0.2) is 42.5 Å². The topological polar surface area (TPSA) is 70.2 Å². The average Bonchev–Trinajstić information content (AvgIpc) is 2.71. The van der Waals surface area contributed by atoms with Gasteiger partial charge in [-0.05, 0) is 36.8 Å². The molecule has 1 unspecified atom stereocenters. The van der Waals surface area contributed by atoms with E-state index < -0.39 is 5.92 Å². The summed E-state index contributed by atoms with van der Waals surface area (Å²) in [7, 11) is 0. The van der Waals surface area contributed by atoms with Crippen LogP contribution in [-0.2, 0) is 9.59 Å². The van der Waals surface area contributed by atoms with Gasteiger partial charge in [-0.2, -0.15) is 0 Å². The molecule has 2 aromatic carbocycles. The predicted molar refractivity (Wildman–Crippen MR) is 96.5 cm³/mol. The third kappa shape index (κ3) is 3.51. The molecule has 124 valence electrons. The van der Waals surface area contributed by atoms with E-state index in [1.807, 2.05) is 31.2 Å². The zero-order chi connectivity index (χ0) is 17.1. The second kappa shape index (κ2) is 6.93. The molecular weight excluding hydrogens is 326 g/mol. The molecule has 0 saturated heterocycles. The van der Waals surface area contributed by atoms with E-state index >= 15 is 0 Å². The molecule has 0 aromatic heterocycles. The number of hydrogen-bond donors (Lipinski definition) is 3. The van der Waals surface area contributed by atoms with Crippen LogP contribution in [0.3, 0.4) is 0 Å². The molecule has 0 radical (unpaired) electrons. The third-order valence-electron chi connectivity index (χ3n) is 4.07. The van der Waals surface area contributed by atoms with Gasteiger partial charge in [0.2, 0.25) is 11.8 Å². The highest BCUT2D eigenvalue weighted by atomic mass is 35.5. The van der Waals surface area contributed by atoms with E-state index in [4.69, 9.17) is 11.6 Å². The normalized spacial score (nSPS) is 16.4. The van der Waals surface area contributed by atoms with Crippen molar-refractivity contribution in [2.24, 2.45) is 5.92 Å². The van der Waals surface area contributed by atoms with Crippen molar-refractivity contribution >= 4 is 40.5 Å². The number of benzene rings is 2. The first-order valence-corrected chi connectivity index (χ1v) is 8.11. The van der Waals surface area contributed by atoms with E-state index in [2.05, 4.69) is 16.0 Å². The summed E-state index contributed by atoms with van der Waals surface area (Å²) < 4.78 is 0. The lowest BCUT2D eigenvalue weighted by molar-refractivity contribution is -0.124. The summed E-state index contributed by atoms with van der Waals surface area (Å²) >= 11 is 6.06. The zero-order valence-electron chi connectivity index (χ0n) is 13.2. The number of rotatable bonds is 3. The number of amides is 2. The van der Waals surface area contributed by atoms with Crippen molar-refractivity contribution in [3.8, 4) is 0 Å². The molecule has 2 aromatic rings. The summed E-state index contributed by atoms with van der Waals surface area (Å²) in [6, 6.07) is 12.8. The highest BCUT2D eigenvalue weighted by molar-refractivity contribution is 6.31. The van der Waals surface area contributed by atoms with E-state index in [0.717, 1.165) is 16.9 Å². The minimum atomic E-state index is -0.447. The second-order valence-corrected chi connectivity index (χ2v) is 6.18. The molecule has 1 heterocycles. The molecule has 0 bridgehead atoms. The smallest absolute Gasteiger partial charge is 0.229 e. The maximum atomic E-state index is 12.3. The van der Waals surface area contributed by atoms with Crippen molar-refractivity contribution in [3.05, 3.63) is 53.1 Å². The number of anilines is 3. The fourth-order valence-electron chi connectivity index (χ4n) is 2.64. The maximum absolute atomic E-state index is 12.3. The number of carbonyl (C=O) groups excluding carboxylic acids is 2. The van der Waals surface area contributed by atoms with Crippen molar-refractivity contribution in [3.63, 3.8) is 0 Å². The summed E-state index contributed by atoms with van der Waals surface area (Å²) in [6.07, 6.45) is 0.0960. The molecule has 0 fully saturated rings. The highest BCUT2D eigenvalue weighted by Crippen LogP contribution is 2.26. The molecule has 5 nitrogen and oxygen atoms in total. The Bertz CT molecular complexity index is 792. The van der Waals surface area contributed by atoms with Crippen LogP contribution in [0.5, 0.6) is 0 Å². The van der Waals surface area contributed by atoms with Crippen molar-refractivity contribution in [1.29, 1.82) is 0 Å². The fourth-order valence-corrected chi connectivity index (χ4v) is 2.81. The Hall–Kier alpha value is -2.53. The Morgan fingerprint density at radius 3 is 2.75 bits per heavy atom. The number of hydrogen-bond acceptors (Lipinski definition) is 3. The largest absolute Gasteiger partial charge is 0.383 e. The van der Waals surface area contributed by atoms with Gasteiger partial charge < -0.3 is 16.0 Å². The third-order valence-corrected chi connectivity index (χ3v) is 4.48. The van der Waals surface area contributed by atoms with Gasteiger partial charge in [0.25, 0.3) is 0 Å². The first kappa shape index (κ1) is 16.3. The SMILES string of the molecule is Cc1c(Cl)cccc1NC(=O)CC1CNc2ccccc2NC1=O. The first-order valence-electron chi connectivity index (χ1n) is 7.73. The van der Waals surface area contributed by atoms with Crippen LogP contribution in [0.1, 0.15) is 12.0 Å². The van der Waals surface area contributed by atoms with Crippen LogP contribution >= 0.6 is 11.6 Å². The zero-order valence-corrected chi connectivity index (χ0v) is 14.0. The predicted octanol–water partition coefficient (Wildman–Crippen LogP) is 3.66. The van der Waals surface area contributed by atoms with Gasteiger partial charge in [0, 0.05) is 23.7 Å². The lowest BCUT2D eigenvalue weighted by Gasteiger charge is -2.14. The minimum Gasteiger partial charge on any atom is -0.383 e. The van der Waals surface area contributed by atoms with Crippen molar-refractivity contribution in [1.82, 2.24) is 0 Å². The monoisotopic (exact) mass is 343 g/mol. The summed E-state index contributed by atoms with van der Waals surface area (Å²) in [5, 5.41) is 9.49. The quantitative estimate of drug-likeness (QED) is 0.796. The molecular formula is C18H18ClN3O2. The average molecular weight is 344 g/mol. The van der Waals surface area contributed by atoms with E-state index in [1.54, 1.807) is 18.2 Å². The van der Waals surface area contributed by atoms with Crippen LogP contribution in [0, 0.1) is 12.8 Å². The number of nitrogens with one attached hydrogen (secondary N) is 3. The number of fused-ring (bicyclic) bond motifs is 1. The van der Waals surface area contributed by atoms with Gasteiger partial charge in [-0.25, -0.2) is 0 Å². The van der Waals surface area contributed by atoms with Crippen molar-refractivity contribution in [2.45, 2.75) is 13.3 Å². The number of carbonyl (C=O) groups is 2. The summed E-state index contributed by atoms with van der Waals surface area (Å²) in [4.78, 5) is 24.6. The molecule has 1 atom stereocenters. The molecule has 3 rings (SSSR count). The minimum absolute atomic E-state index is 0.0960. The lowest BCUT2D eigenvalue weighted by Crippen LogP contribution is -2.30. The van der Waals surface area contributed by atoms with E-state index in [1.165, 1.54) is 0 Å². The maximum Gasteiger partial charge on any atom is 0.229 e. The Kier molecular flexibility index (Phi) is 4.71. The molecule has 0 aliphatic carbocycles. The van der Waals surface area contributed by atoms with E-state index in [-0.39, 0.29) is 18.2 Å². The molecule has 3 N–H and O–H groups in total. The van der Waals surface area contributed by atoms with Crippen molar-refractivity contribution in [2.75, 3.05) is 22.5 Å². The summed E-state index contributed by atoms with van der Waals surface area (Å²) in [5.41, 5.74) is 3.07. The molecule has 1 aliphatic heterocycles. The highest BCUT2D eigenvalue weighted by Gasteiger charge is 2.25. The molecule has 0 spiro atoms. The van der Waals surface area contributed by atoms with Crippen molar-refractivity contribution < 1.29 is 9.59 Å². The molecule has 24 heavy (non-hydrogen) atoms. The van der Waals surface area contributed by atoms with Gasteiger partial charge >= 0.3 is 0 Å². The van der Waals surface area contributed by atoms with Crippen LogP contribution in [0.4, 0.5) is 17.1 Å². The van der Waals surface area contributed by atoms with Crippen LogP contribution in [0.25, 0.3) is 0 Å². The molecule has 0 saturated carbocycles. The van der Waals surface area contributed by atoms with Gasteiger partial charge in [-0.15, -0.1) is 0 Å². The molecule has 1 aliphatic rings. The Balaban J connectivity index is 1.67. The van der Waals surface area contributed by atoms with Crippen LogP contribution < -0.4 is 16.0 Å². The first-order chi connectivity index (χ1) is 11.5.